The number of nitrogens with zero attached hydrogens (tertiary/aromatic N) is 2. The van der Waals surface area contributed by atoms with Crippen LogP contribution in [0, 0.1) is 5.92 Å². The third-order valence-corrected chi connectivity index (χ3v) is 10.0. The Labute approximate surface area is 211 Å². The van der Waals surface area contributed by atoms with Gasteiger partial charge >= 0.3 is 0 Å². The summed E-state index contributed by atoms with van der Waals surface area (Å²) in [4.78, 5) is 29.4. The van der Waals surface area contributed by atoms with Crippen LogP contribution in [0.5, 0.6) is 0 Å². The Morgan fingerprint density at radius 3 is 2.31 bits per heavy atom. The third-order valence-electron chi connectivity index (χ3n) is 6.99. The number of benzene rings is 1. The molecule has 2 aromatic rings. The maximum absolute atomic E-state index is 13.1. The van der Waals surface area contributed by atoms with E-state index in [9.17, 15) is 18.0 Å². The van der Waals surface area contributed by atoms with E-state index in [2.05, 4.69) is 36.3 Å². The largest absolute Gasteiger partial charge is 0.355 e. The van der Waals surface area contributed by atoms with Crippen LogP contribution in [0.4, 0.5) is 5.00 Å². The van der Waals surface area contributed by atoms with E-state index in [1.165, 1.54) is 39.9 Å². The molecular formula is C25H34N4O4S2. The molecule has 35 heavy (non-hydrogen) atoms. The van der Waals surface area contributed by atoms with E-state index in [0.29, 0.717) is 41.2 Å². The number of amides is 2. The number of sulfonamides is 1. The van der Waals surface area contributed by atoms with Crippen LogP contribution in [0.15, 0.2) is 29.2 Å². The van der Waals surface area contributed by atoms with E-state index in [0.717, 1.165) is 42.8 Å². The van der Waals surface area contributed by atoms with Crippen molar-refractivity contribution in [1.82, 2.24) is 14.5 Å². The van der Waals surface area contributed by atoms with E-state index in [4.69, 9.17) is 0 Å². The number of nitrogens with one attached hydrogen (secondary N) is 2. The summed E-state index contributed by atoms with van der Waals surface area (Å²) < 4.78 is 27.5. The average Bonchev–Trinajstić information content (AvgIpc) is 3.20. The summed E-state index contributed by atoms with van der Waals surface area (Å²) in [7, 11) is -1.99. The third kappa shape index (κ3) is 5.30. The number of thiophene rings is 1. The van der Waals surface area contributed by atoms with E-state index in [1.807, 2.05) is 0 Å². The number of hydrogen-bond donors (Lipinski definition) is 2. The quantitative estimate of drug-likeness (QED) is 0.610. The minimum Gasteiger partial charge on any atom is -0.355 e. The van der Waals surface area contributed by atoms with Crippen molar-refractivity contribution in [1.29, 1.82) is 0 Å². The lowest BCUT2D eigenvalue weighted by molar-refractivity contribution is 0.0962. The minimum atomic E-state index is -3.58. The van der Waals surface area contributed by atoms with Crippen molar-refractivity contribution < 1.29 is 18.0 Å². The van der Waals surface area contributed by atoms with Crippen molar-refractivity contribution in [2.45, 2.75) is 57.5 Å². The van der Waals surface area contributed by atoms with Gasteiger partial charge in [0.15, 0.2) is 0 Å². The summed E-state index contributed by atoms with van der Waals surface area (Å²) in [5.74, 6) is -0.0538. The van der Waals surface area contributed by atoms with Gasteiger partial charge in [-0.15, -0.1) is 11.3 Å². The van der Waals surface area contributed by atoms with Crippen molar-refractivity contribution in [3.8, 4) is 0 Å². The van der Waals surface area contributed by atoms with Gasteiger partial charge < -0.3 is 10.6 Å². The lowest BCUT2D eigenvalue weighted by Crippen LogP contribution is -2.37. The molecular weight excluding hydrogens is 484 g/mol. The van der Waals surface area contributed by atoms with Crippen molar-refractivity contribution in [3.63, 3.8) is 0 Å². The zero-order valence-corrected chi connectivity index (χ0v) is 22.4. The van der Waals surface area contributed by atoms with Crippen molar-refractivity contribution in [2.24, 2.45) is 5.92 Å². The maximum atomic E-state index is 13.1. The first kappa shape index (κ1) is 25.8. The van der Waals surface area contributed by atoms with Gasteiger partial charge in [0.25, 0.3) is 11.8 Å². The Kier molecular flexibility index (Phi) is 7.65. The van der Waals surface area contributed by atoms with Gasteiger partial charge in [-0.3, -0.25) is 14.5 Å². The molecule has 2 N–H and O–H groups in total. The molecule has 0 radical (unpaired) electrons. The van der Waals surface area contributed by atoms with Crippen LogP contribution in [0.25, 0.3) is 0 Å². The van der Waals surface area contributed by atoms with Crippen LogP contribution >= 0.6 is 11.3 Å². The van der Waals surface area contributed by atoms with Crippen molar-refractivity contribution in [3.05, 3.63) is 45.8 Å². The Bertz CT molecular complexity index is 1200. The highest BCUT2D eigenvalue weighted by atomic mass is 32.2. The Morgan fingerprint density at radius 2 is 1.71 bits per heavy atom. The molecule has 8 nitrogen and oxygen atoms in total. The Hall–Kier alpha value is -2.27. The van der Waals surface area contributed by atoms with E-state index in [1.54, 1.807) is 7.05 Å². The smallest absolute Gasteiger partial charge is 0.256 e. The average molecular weight is 519 g/mol. The van der Waals surface area contributed by atoms with Gasteiger partial charge in [-0.2, -0.15) is 4.31 Å². The second-order valence-electron chi connectivity index (χ2n) is 9.67. The molecule has 0 saturated carbocycles. The first-order valence-corrected chi connectivity index (χ1v) is 14.4. The predicted octanol–water partition coefficient (Wildman–Crippen LogP) is 3.55. The van der Waals surface area contributed by atoms with Gasteiger partial charge in [-0.1, -0.05) is 6.92 Å². The molecule has 0 bridgehead atoms. The Balaban J connectivity index is 1.54. The van der Waals surface area contributed by atoms with Crippen LogP contribution in [-0.2, 0) is 23.0 Å². The summed E-state index contributed by atoms with van der Waals surface area (Å²) >= 11 is 1.44. The highest BCUT2D eigenvalue weighted by Crippen LogP contribution is 2.38. The summed E-state index contributed by atoms with van der Waals surface area (Å²) in [6.07, 6.45) is 2.46. The summed E-state index contributed by atoms with van der Waals surface area (Å²) in [6, 6.07) is 6.43. The highest BCUT2D eigenvalue weighted by molar-refractivity contribution is 7.89. The molecule has 1 aromatic carbocycles. The maximum Gasteiger partial charge on any atom is 0.256 e. The van der Waals surface area contributed by atoms with Crippen LogP contribution in [-0.4, -0.2) is 62.2 Å². The number of carbonyl (C=O) groups is 2. The number of fused-ring (bicyclic) bond motifs is 1. The predicted molar refractivity (Wildman–Crippen MR) is 139 cm³/mol. The molecule has 0 spiro atoms. The molecule has 0 atom stereocenters. The molecule has 2 aliphatic heterocycles. The molecule has 190 valence electrons. The van der Waals surface area contributed by atoms with Gasteiger partial charge in [0.05, 0.1) is 10.5 Å². The topological polar surface area (TPSA) is 98.8 Å². The van der Waals surface area contributed by atoms with Gasteiger partial charge in [0, 0.05) is 49.7 Å². The standard InChI is InChI=1S/C25H34N4O4S2/c1-16(2)28-12-11-20-21(15-28)34-25(22(20)24(31)26-4)27-23(30)18-5-7-19(8-6-18)35(32,33)29-13-9-17(3)10-14-29/h5-8,16-17H,9-15H2,1-4H3,(H,26,31)(H,27,30). The lowest BCUT2D eigenvalue weighted by atomic mass is 10.0. The molecule has 1 fully saturated rings. The molecule has 0 aliphatic carbocycles. The molecule has 0 unspecified atom stereocenters. The SMILES string of the molecule is CNC(=O)c1c(NC(=O)c2ccc(S(=O)(=O)N3CCC(C)CC3)cc2)sc2c1CCN(C(C)C)C2. The van der Waals surface area contributed by atoms with Crippen LogP contribution in [0.2, 0.25) is 0 Å². The van der Waals surface area contributed by atoms with Gasteiger partial charge in [0.2, 0.25) is 10.0 Å². The molecule has 3 heterocycles. The number of hydrogen-bond acceptors (Lipinski definition) is 6. The minimum absolute atomic E-state index is 0.190. The molecule has 10 heteroatoms. The summed E-state index contributed by atoms with van der Waals surface area (Å²) in [5, 5.41) is 6.14. The van der Waals surface area contributed by atoms with Gasteiger partial charge in [-0.05, 0) is 68.9 Å². The summed E-state index contributed by atoms with van der Waals surface area (Å²) in [5.41, 5.74) is 1.87. The number of rotatable bonds is 6. The Morgan fingerprint density at radius 1 is 1.06 bits per heavy atom. The summed E-state index contributed by atoms with van der Waals surface area (Å²) in [6.45, 7) is 9.09. The number of piperidine rings is 1. The fraction of sp³-hybridized carbons (Fsp3) is 0.520. The van der Waals surface area contributed by atoms with Crippen LogP contribution in [0.3, 0.4) is 0 Å². The number of anilines is 1. The van der Waals surface area contributed by atoms with Crippen molar-refractivity contribution >= 4 is 38.2 Å². The second-order valence-corrected chi connectivity index (χ2v) is 12.7. The molecule has 1 saturated heterocycles. The second kappa shape index (κ2) is 10.4. The van der Waals surface area contributed by atoms with Gasteiger partial charge in [0.1, 0.15) is 5.00 Å². The molecule has 1 aromatic heterocycles. The van der Waals surface area contributed by atoms with E-state index >= 15 is 0 Å². The monoisotopic (exact) mass is 518 g/mol. The highest BCUT2D eigenvalue weighted by Gasteiger charge is 2.30. The van der Waals surface area contributed by atoms with Crippen molar-refractivity contribution in [2.75, 3.05) is 32.0 Å². The normalized spacial score (nSPS) is 17.9. The molecule has 4 rings (SSSR count). The zero-order valence-electron chi connectivity index (χ0n) is 20.8. The first-order chi connectivity index (χ1) is 16.6. The van der Waals surface area contributed by atoms with Crippen LogP contribution < -0.4 is 10.6 Å². The zero-order chi connectivity index (χ0) is 25.3. The number of carbonyl (C=O) groups excluding carboxylic acids is 2. The van der Waals surface area contributed by atoms with Crippen LogP contribution in [0.1, 0.15) is 64.8 Å². The lowest BCUT2D eigenvalue weighted by Gasteiger charge is -2.30. The molecule has 2 aliphatic rings. The van der Waals surface area contributed by atoms with E-state index < -0.39 is 10.0 Å². The molecule has 2 amide bonds. The first-order valence-electron chi connectivity index (χ1n) is 12.1. The fourth-order valence-electron chi connectivity index (χ4n) is 4.65. The van der Waals surface area contributed by atoms with E-state index in [-0.39, 0.29) is 16.7 Å². The van der Waals surface area contributed by atoms with Gasteiger partial charge in [-0.25, -0.2) is 8.42 Å². The fourth-order valence-corrected chi connectivity index (χ4v) is 7.38.